The van der Waals surface area contributed by atoms with Crippen LogP contribution in [-0.2, 0) is 19.6 Å². The summed E-state index contributed by atoms with van der Waals surface area (Å²) >= 11 is 1.73. The predicted molar refractivity (Wildman–Crippen MR) is 119 cm³/mol. The van der Waals surface area contributed by atoms with E-state index in [0.29, 0.717) is 13.1 Å². The van der Waals surface area contributed by atoms with E-state index in [9.17, 15) is 5.11 Å². The van der Waals surface area contributed by atoms with E-state index in [-0.39, 0.29) is 6.61 Å². The summed E-state index contributed by atoms with van der Waals surface area (Å²) in [5.74, 6) is 1.60. The predicted octanol–water partition coefficient (Wildman–Crippen LogP) is 4.30. The van der Waals surface area contributed by atoms with Crippen molar-refractivity contribution >= 4 is 28.1 Å². The third kappa shape index (κ3) is 5.17. The van der Waals surface area contributed by atoms with Crippen molar-refractivity contribution in [2.45, 2.75) is 19.6 Å². The van der Waals surface area contributed by atoms with Crippen LogP contribution in [0.3, 0.4) is 0 Å². The minimum absolute atomic E-state index is 0.101. The first-order valence-electron chi connectivity index (χ1n) is 9.71. The highest BCUT2D eigenvalue weighted by atomic mass is 32.1. The normalized spacial score (nSPS) is 11.2. The second kappa shape index (κ2) is 9.60. The van der Waals surface area contributed by atoms with Gasteiger partial charge >= 0.3 is 0 Å². The van der Waals surface area contributed by atoms with E-state index in [4.69, 9.17) is 9.97 Å². The van der Waals surface area contributed by atoms with Gasteiger partial charge in [0.05, 0.1) is 25.2 Å². The van der Waals surface area contributed by atoms with Crippen molar-refractivity contribution in [2.75, 3.05) is 18.5 Å². The van der Waals surface area contributed by atoms with Crippen LogP contribution in [0, 0.1) is 0 Å². The fourth-order valence-corrected chi connectivity index (χ4v) is 3.96. The topological polar surface area (TPSA) is 61.3 Å². The summed E-state index contributed by atoms with van der Waals surface area (Å²) in [5.41, 5.74) is 2.13. The number of para-hydroxylation sites is 1. The highest BCUT2D eigenvalue weighted by molar-refractivity contribution is 7.09. The Morgan fingerprint density at radius 3 is 2.52 bits per heavy atom. The molecule has 0 spiro atoms. The molecule has 2 heterocycles. The zero-order valence-electron chi connectivity index (χ0n) is 16.2. The van der Waals surface area contributed by atoms with E-state index in [1.54, 1.807) is 11.3 Å². The van der Waals surface area contributed by atoms with E-state index in [1.807, 2.05) is 42.5 Å². The molecule has 0 bridgehead atoms. The Morgan fingerprint density at radius 1 is 0.897 bits per heavy atom. The molecule has 4 aromatic rings. The summed E-state index contributed by atoms with van der Waals surface area (Å²) in [6.07, 6.45) is 0. The molecule has 148 valence electrons. The van der Waals surface area contributed by atoms with Crippen LogP contribution in [0.15, 0.2) is 72.1 Å². The molecule has 2 aromatic heterocycles. The molecule has 0 aliphatic carbocycles. The lowest BCUT2D eigenvalue weighted by Crippen LogP contribution is -2.27. The molecule has 5 nitrogen and oxygen atoms in total. The van der Waals surface area contributed by atoms with Crippen LogP contribution in [0.1, 0.15) is 16.3 Å². The molecular weight excluding hydrogens is 380 g/mol. The molecule has 0 saturated heterocycles. The van der Waals surface area contributed by atoms with Crippen molar-refractivity contribution in [2.24, 2.45) is 0 Å². The first-order chi connectivity index (χ1) is 14.3. The minimum Gasteiger partial charge on any atom is -0.395 e. The molecule has 0 fully saturated rings. The minimum atomic E-state index is 0.101. The number of aromatic nitrogens is 2. The average molecular weight is 405 g/mol. The average Bonchev–Trinajstić information content (AvgIpc) is 3.27. The maximum absolute atomic E-state index is 9.52. The number of nitrogens with one attached hydrogen (secondary N) is 1. The Morgan fingerprint density at radius 2 is 1.72 bits per heavy atom. The van der Waals surface area contributed by atoms with E-state index in [2.05, 4.69) is 39.9 Å². The van der Waals surface area contributed by atoms with Crippen LogP contribution in [0.4, 0.5) is 5.82 Å². The van der Waals surface area contributed by atoms with Gasteiger partial charge in [-0.05, 0) is 29.1 Å². The summed E-state index contributed by atoms with van der Waals surface area (Å²) in [7, 11) is 0. The standard InChI is InChI=1S/C23H24N4OS/c28-13-12-27(16-18-7-2-1-3-8-18)17-22-25-21-11-5-4-10-20(21)23(26-22)24-15-19-9-6-14-29-19/h1-11,14,28H,12-13,15-17H2,(H,24,25,26). The number of benzene rings is 2. The molecule has 0 saturated carbocycles. The summed E-state index contributed by atoms with van der Waals surface area (Å²) in [6, 6.07) is 22.5. The number of aliphatic hydroxyl groups is 1. The Labute approximate surface area is 174 Å². The highest BCUT2D eigenvalue weighted by Gasteiger charge is 2.12. The zero-order chi connectivity index (χ0) is 19.9. The molecule has 0 aliphatic rings. The second-order valence-corrected chi connectivity index (χ2v) is 7.89. The maximum atomic E-state index is 9.52. The monoisotopic (exact) mass is 404 g/mol. The van der Waals surface area contributed by atoms with Gasteiger partial charge < -0.3 is 10.4 Å². The Balaban J connectivity index is 1.58. The number of aliphatic hydroxyl groups excluding tert-OH is 1. The molecule has 0 atom stereocenters. The van der Waals surface area contributed by atoms with E-state index in [1.165, 1.54) is 10.4 Å². The molecule has 2 aromatic carbocycles. The van der Waals surface area contributed by atoms with Crippen LogP contribution >= 0.6 is 11.3 Å². The zero-order valence-corrected chi connectivity index (χ0v) is 17.0. The van der Waals surface area contributed by atoms with Crippen molar-refractivity contribution < 1.29 is 5.11 Å². The van der Waals surface area contributed by atoms with Crippen molar-refractivity contribution in [3.63, 3.8) is 0 Å². The molecule has 0 radical (unpaired) electrons. The fraction of sp³-hybridized carbons (Fsp3) is 0.217. The molecular formula is C23H24N4OS. The summed E-state index contributed by atoms with van der Waals surface area (Å²) in [5, 5.41) is 16.1. The number of fused-ring (bicyclic) bond motifs is 1. The SMILES string of the molecule is OCCN(Cc1ccccc1)Cc1nc(NCc2cccs2)c2ccccc2n1. The van der Waals surface area contributed by atoms with Gasteiger partial charge in [0, 0.05) is 23.4 Å². The summed E-state index contributed by atoms with van der Waals surface area (Å²) < 4.78 is 0. The molecule has 4 rings (SSSR count). The number of anilines is 1. The summed E-state index contributed by atoms with van der Waals surface area (Å²) in [4.78, 5) is 13.0. The Kier molecular flexibility index (Phi) is 6.46. The quantitative estimate of drug-likeness (QED) is 0.436. The van der Waals surface area contributed by atoms with Crippen LogP contribution in [-0.4, -0.2) is 33.1 Å². The molecule has 0 unspecified atom stereocenters. The second-order valence-electron chi connectivity index (χ2n) is 6.86. The largest absolute Gasteiger partial charge is 0.395 e. The van der Waals surface area contributed by atoms with Gasteiger partial charge in [-0.3, -0.25) is 4.90 Å². The number of rotatable bonds is 9. The molecule has 6 heteroatoms. The maximum Gasteiger partial charge on any atom is 0.145 e. The van der Waals surface area contributed by atoms with Crippen molar-refractivity contribution in [1.29, 1.82) is 0 Å². The molecule has 0 amide bonds. The van der Waals surface area contributed by atoms with Gasteiger partial charge in [-0.15, -0.1) is 11.3 Å². The van der Waals surface area contributed by atoms with Crippen LogP contribution in [0.2, 0.25) is 0 Å². The van der Waals surface area contributed by atoms with Gasteiger partial charge in [0.1, 0.15) is 11.6 Å². The van der Waals surface area contributed by atoms with Crippen molar-refractivity contribution in [1.82, 2.24) is 14.9 Å². The Hall–Kier alpha value is -2.80. The van der Waals surface area contributed by atoms with Crippen LogP contribution in [0.5, 0.6) is 0 Å². The van der Waals surface area contributed by atoms with Gasteiger partial charge in [-0.25, -0.2) is 9.97 Å². The lowest BCUT2D eigenvalue weighted by Gasteiger charge is -2.21. The molecule has 2 N–H and O–H groups in total. The third-order valence-corrected chi connectivity index (χ3v) is 5.57. The Bertz CT molecular complexity index is 1040. The van der Waals surface area contributed by atoms with Crippen LogP contribution in [0.25, 0.3) is 10.9 Å². The number of nitrogens with zero attached hydrogens (tertiary/aromatic N) is 3. The molecule has 0 aliphatic heterocycles. The van der Waals surface area contributed by atoms with Gasteiger partial charge in [0.25, 0.3) is 0 Å². The van der Waals surface area contributed by atoms with Gasteiger partial charge in [0.2, 0.25) is 0 Å². The van der Waals surface area contributed by atoms with Gasteiger partial charge in [-0.2, -0.15) is 0 Å². The lowest BCUT2D eigenvalue weighted by atomic mass is 10.2. The van der Waals surface area contributed by atoms with Gasteiger partial charge in [0.15, 0.2) is 0 Å². The smallest absolute Gasteiger partial charge is 0.145 e. The van der Waals surface area contributed by atoms with Crippen LogP contribution < -0.4 is 5.32 Å². The van der Waals surface area contributed by atoms with E-state index in [0.717, 1.165) is 35.6 Å². The van der Waals surface area contributed by atoms with E-state index >= 15 is 0 Å². The van der Waals surface area contributed by atoms with Crippen molar-refractivity contribution in [3.05, 3.63) is 88.4 Å². The lowest BCUT2D eigenvalue weighted by molar-refractivity contribution is 0.181. The molecule has 29 heavy (non-hydrogen) atoms. The highest BCUT2D eigenvalue weighted by Crippen LogP contribution is 2.22. The first kappa shape index (κ1) is 19.5. The van der Waals surface area contributed by atoms with E-state index < -0.39 is 0 Å². The number of hydrogen-bond acceptors (Lipinski definition) is 6. The first-order valence-corrected chi connectivity index (χ1v) is 10.6. The van der Waals surface area contributed by atoms with Crippen molar-refractivity contribution in [3.8, 4) is 0 Å². The fourth-order valence-electron chi connectivity index (χ4n) is 3.31. The summed E-state index contributed by atoms with van der Waals surface area (Å²) in [6.45, 7) is 2.74. The number of thiophene rings is 1. The third-order valence-electron chi connectivity index (χ3n) is 4.69. The number of hydrogen-bond donors (Lipinski definition) is 2. The van der Waals surface area contributed by atoms with Gasteiger partial charge in [-0.1, -0.05) is 48.5 Å².